The van der Waals surface area contributed by atoms with Gasteiger partial charge in [0.05, 0.1) is 0 Å². The Hall–Kier alpha value is -1.36. The van der Waals surface area contributed by atoms with Crippen molar-refractivity contribution in [2.75, 3.05) is 18.4 Å². The summed E-state index contributed by atoms with van der Waals surface area (Å²) in [6.07, 6.45) is 2.02. The Labute approximate surface area is 146 Å². The second-order valence-corrected chi connectivity index (χ2v) is 7.93. The number of piperidine rings is 1. The number of carbonyl (C=O) groups is 2. The zero-order valence-electron chi connectivity index (χ0n) is 14.3. The molecule has 1 aliphatic rings. The van der Waals surface area contributed by atoms with E-state index in [9.17, 15) is 9.59 Å². The highest BCUT2D eigenvalue weighted by molar-refractivity contribution is 9.10. The van der Waals surface area contributed by atoms with Crippen molar-refractivity contribution < 1.29 is 9.59 Å². The van der Waals surface area contributed by atoms with Gasteiger partial charge in [-0.1, -0.05) is 22.9 Å². The zero-order valence-corrected chi connectivity index (χ0v) is 15.9. The lowest BCUT2D eigenvalue weighted by molar-refractivity contribution is -0.147. The van der Waals surface area contributed by atoms with Gasteiger partial charge in [-0.2, -0.15) is 0 Å². The number of hydrogen-bond donors (Lipinski definition) is 1. The van der Waals surface area contributed by atoms with E-state index in [4.69, 9.17) is 0 Å². The monoisotopic (exact) mass is 380 g/mol. The van der Waals surface area contributed by atoms with Gasteiger partial charge in [0.2, 0.25) is 11.8 Å². The van der Waals surface area contributed by atoms with E-state index in [0.717, 1.165) is 41.7 Å². The summed E-state index contributed by atoms with van der Waals surface area (Å²) >= 11 is 3.41. The summed E-state index contributed by atoms with van der Waals surface area (Å²) in [7, 11) is 0. The van der Waals surface area contributed by atoms with Crippen LogP contribution >= 0.6 is 15.9 Å². The van der Waals surface area contributed by atoms with E-state index < -0.39 is 5.41 Å². The number of amides is 2. The van der Waals surface area contributed by atoms with Crippen LogP contribution in [0.25, 0.3) is 0 Å². The molecule has 23 heavy (non-hydrogen) atoms. The summed E-state index contributed by atoms with van der Waals surface area (Å²) in [5.74, 6) is 0.310. The second kappa shape index (κ2) is 7.04. The molecule has 0 bridgehead atoms. The van der Waals surface area contributed by atoms with Crippen molar-refractivity contribution in [1.29, 1.82) is 0 Å². The molecule has 2 amide bonds. The van der Waals surface area contributed by atoms with Crippen LogP contribution < -0.4 is 5.32 Å². The summed E-state index contributed by atoms with van der Waals surface area (Å²) in [6, 6.07) is 5.67. The number of carbonyl (C=O) groups excluding carboxylic acids is 2. The first kappa shape index (κ1) is 18.0. The maximum absolute atomic E-state index is 12.8. The molecule has 1 aromatic rings. The highest BCUT2D eigenvalue weighted by Crippen LogP contribution is 2.27. The smallest absolute Gasteiger partial charge is 0.239 e. The third-order valence-electron chi connectivity index (χ3n) is 4.61. The van der Waals surface area contributed by atoms with Gasteiger partial charge >= 0.3 is 0 Å². The summed E-state index contributed by atoms with van der Waals surface area (Å²) in [5.41, 5.74) is 0.634. The number of rotatable bonds is 3. The van der Waals surface area contributed by atoms with Gasteiger partial charge in [0, 0.05) is 23.2 Å². The molecule has 4 nitrogen and oxygen atoms in total. The molecule has 5 heteroatoms. The minimum absolute atomic E-state index is 0.0864. The van der Waals surface area contributed by atoms with Crippen LogP contribution in [-0.2, 0) is 9.59 Å². The van der Waals surface area contributed by atoms with Crippen molar-refractivity contribution in [3.8, 4) is 0 Å². The minimum Gasteiger partial charge on any atom is -0.342 e. The molecule has 0 spiro atoms. The van der Waals surface area contributed by atoms with E-state index in [1.807, 2.05) is 30.0 Å². The van der Waals surface area contributed by atoms with Gasteiger partial charge in [0.25, 0.3) is 0 Å². The first-order chi connectivity index (χ1) is 10.7. The fourth-order valence-corrected chi connectivity index (χ4v) is 3.23. The Morgan fingerprint density at radius 2 is 1.87 bits per heavy atom. The third-order valence-corrected chi connectivity index (χ3v) is 5.10. The molecule has 0 aliphatic carbocycles. The molecule has 0 unspecified atom stereocenters. The van der Waals surface area contributed by atoms with Crippen molar-refractivity contribution in [3.05, 3.63) is 28.2 Å². The van der Waals surface area contributed by atoms with Crippen molar-refractivity contribution in [2.45, 2.75) is 40.5 Å². The van der Waals surface area contributed by atoms with Crippen LogP contribution in [-0.4, -0.2) is 29.8 Å². The molecule has 1 heterocycles. The van der Waals surface area contributed by atoms with Crippen LogP contribution in [0, 0.1) is 18.3 Å². The largest absolute Gasteiger partial charge is 0.342 e. The van der Waals surface area contributed by atoms with Gasteiger partial charge in [0.1, 0.15) is 5.41 Å². The molecule has 0 aromatic heterocycles. The number of likely N-dealkylation sites (tertiary alicyclic amines) is 1. The molecule has 0 atom stereocenters. The molecule has 2 rings (SSSR count). The van der Waals surface area contributed by atoms with Crippen molar-refractivity contribution >= 4 is 33.4 Å². The average Bonchev–Trinajstić information content (AvgIpc) is 2.50. The Kier molecular flexibility index (Phi) is 5.50. The van der Waals surface area contributed by atoms with Gasteiger partial charge in [-0.15, -0.1) is 0 Å². The Morgan fingerprint density at radius 3 is 2.43 bits per heavy atom. The number of benzene rings is 1. The minimum atomic E-state index is -1.07. The Bertz CT molecular complexity index is 605. The number of halogens is 1. The standard InChI is InChI=1S/C18H25BrN2O2/c1-12-7-9-21(10-8-12)17(23)18(3,4)16(22)20-15-6-5-14(19)11-13(15)2/h5-6,11-12H,7-10H2,1-4H3,(H,20,22). The van der Waals surface area contributed by atoms with E-state index in [-0.39, 0.29) is 11.8 Å². The average molecular weight is 381 g/mol. The molecular weight excluding hydrogens is 356 g/mol. The van der Waals surface area contributed by atoms with Gasteiger partial charge in [-0.3, -0.25) is 9.59 Å². The molecular formula is C18H25BrN2O2. The van der Waals surface area contributed by atoms with Crippen LogP contribution in [0.3, 0.4) is 0 Å². The van der Waals surface area contributed by atoms with Gasteiger partial charge in [0.15, 0.2) is 0 Å². The predicted molar refractivity (Wildman–Crippen MR) is 96.3 cm³/mol. The molecule has 126 valence electrons. The molecule has 1 aliphatic heterocycles. The number of nitrogens with zero attached hydrogens (tertiary/aromatic N) is 1. The van der Waals surface area contributed by atoms with Crippen LogP contribution in [0.4, 0.5) is 5.69 Å². The maximum atomic E-state index is 12.8. The van der Waals surface area contributed by atoms with Crippen LogP contribution in [0.2, 0.25) is 0 Å². The lowest BCUT2D eigenvalue weighted by Gasteiger charge is -2.35. The van der Waals surface area contributed by atoms with Crippen LogP contribution in [0.5, 0.6) is 0 Å². The van der Waals surface area contributed by atoms with Gasteiger partial charge in [-0.05, 0) is 63.3 Å². The highest BCUT2D eigenvalue weighted by atomic mass is 79.9. The lowest BCUT2D eigenvalue weighted by atomic mass is 9.88. The van der Waals surface area contributed by atoms with Crippen molar-refractivity contribution in [3.63, 3.8) is 0 Å². The fraction of sp³-hybridized carbons (Fsp3) is 0.556. The fourth-order valence-electron chi connectivity index (χ4n) is 2.75. The zero-order chi connectivity index (χ0) is 17.2. The second-order valence-electron chi connectivity index (χ2n) is 7.01. The SMILES string of the molecule is Cc1cc(Br)ccc1NC(=O)C(C)(C)C(=O)N1CCC(C)CC1. The summed E-state index contributed by atoms with van der Waals surface area (Å²) in [6.45, 7) is 9.03. The number of aryl methyl sites for hydroxylation is 1. The van der Waals surface area contributed by atoms with E-state index in [2.05, 4.69) is 28.2 Å². The highest BCUT2D eigenvalue weighted by Gasteiger charge is 2.40. The maximum Gasteiger partial charge on any atom is 0.239 e. The molecule has 1 N–H and O–H groups in total. The lowest BCUT2D eigenvalue weighted by Crippen LogP contribution is -2.49. The molecule has 0 saturated carbocycles. The first-order valence-corrected chi connectivity index (χ1v) is 8.88. The van der Waals surface area contributed by atoms with Crippen molar-refractivity contribution in [1.82, 2.24) is 4.90 Å². The normalized spacial score (nSPS) is 16.3. The molecule has 0 radical (unpaired) electrons. The van der Waals surface area contributed by atoms with E-state index in [1.165, 1.54) is 0 Å². The number of nitrogens with one attached hydrogen (secondary N) is 1. The third kappa shape index (κ3) is 4.14. The summed E-state index contributed by atoms with van der Waals surface area (Å²) in [5, 5.41) is 2.90. The topological polar surface area (TPSA) is 49.4 Å². The Morgan fingerprint density at radius 1 is 1.26 bits per heavy atom. The molecule has 1 fully saturated rings. The van der Waals surface area contributed by atoms with E-state index in [0.29, 0.717) is 5.92 Å². The van der Waals surface area contributed by atoms with E-state index in [1.54, 1.807) is 13.8 Å². The Balaban J connectivity index is 2.08. The van der Waals surface area contributed by atoms with Gasteiger partial charge < -0.3 is 10.2 Å². The summed E-state index contributed by atoms with van der Waals surface area (Å²) in [4.78, 5) is 27.2. The quantitative estimate of drug-likeness (QED) is 0.806. The van der Waals surface area contributed by atoms with Crippen LogP contribution in [0.15, 0.2) is 22.7 Å². The first-order valence-electron chi connectivity index (χ1n) is 8.09. The molecule has 1 aromatic carbocycles. The van der Waals surface area contributed by atoms with E-state index >= 15 is 0 Å². The summed E-state index contributed by atoms with van der Waals surface area (Å²) < 4.78 is 0.964. The number of hydrogen-bond acceptors (Lipinski definition) is 2. The number of anilines is 1. The van der Waals surface area contributed by atoms with Crippen LogP contribution in [0.1, 0.15) is 39.2 Å². The van der Waals surface area contributed by atoms with Gasteiger partial charge in [-0.25, -0.2) is 0 Å². The van der Waals surface area contributed by atoms with Crippen molar-refractivity contribution in [2.24, 2.45) is 11.3 Å². The predicted octanol–water partition coefficient (Wildman–Crippen LogP) is 3.98. The molecule has 1 saturated heterocycles.